The smallest absolute Gasteiger partial charge is 0.341 e. The Morgan fingerprint density at radius 2 is 2.06 bits per heavy atom. The number of thiophene rings is 1. The summed E-state index contributed by atoms with van der Waals surface area (Å²) in [7, 11) is 1.60. The van der Waals surface area contributed by atoms with Gasteiger partial charge in [-0.3, -0.25) is 14.5 Å². The average molecular weight is 545 g/mol. The van der Waals surface area contributed by atoms with E-state index < -0.39 is 0 Å². The number of carbonyl (C=O) groups is 3. The van der Waals surface area contributed by atoms with Gasteiger partial charge < -0.3 is 14.8 Å². The molecule has 7 nitrogen and oxygen atoms in total. The van der Waals surface area contributed by atoms with Crippen LogP contribution in [0.25, 0.3) is 6.08 Å². The Morgan fingerprint density at radius 1 is 1.25 bits per heavy atom. The number of nitrogens with zero attached hydrogens (tertiary/aromatic N) is 1. The SMILES string of the molecule is CCOC(=O)c1c(NC(=O)CCCN2C(=O)/C(=C/c3cccc(OC)c3)SC2=S)sc2c1CCCC2. The number of nitrogens with one attached hydrogen (secondary N) is 1. The van der Waals surface area contributed by atoms with E-state index in [-0.39, 0.29) is 30.8 Å². The molecule has 1 saturated heterocycles. The molecule has 1 aliphatic heterocycles. The molecule has 1 aliphatic carbocycles. The van der Waals surface area contributed by atoms with E-state index in [1.807, 2.05) is 24.3 Å². The first-order valence-corrected chi connectivity index (χ1v) is 14.0. The normalized spacial score (nSPS) is 16.3. The highest BCUT2D eigenvalue weighted by Crippen LogP contribution is 2.39. The van der Waals surface area contributed by atoms with Gasteiger partial charge in [-0.2, -0.15) is 0 Å². The minimum atomic E-state index is -0.382. The minimum Gasteiger partial charge on any atom is -0.497 e. The maximum Gasteiger partial charge on any atom is 0.341 e. The molecule has 190 valence electrons. The fourth-order valence-electron chi connectivity index (χ4n) is 4.24. The van der Waals surface area contributed by atoms with Gasteiger partial charge in [-0.1, -0.05) is 36.1 Å². The highest BCUT2D eigenvalue weighted by molar-refractivity contribution is 8.26. The molecule has 0 saturated carbocycles. The van der Waals surface area contributed by atoms with E-state index in [1.54, 1.807) is 20.1 Å². The van der Waals surface area contributed by atoms with Crippen molar-refractivity contribution < 1.29 is 23.9 Å². The van der Waals surface area contributed by atoms with Gasteiger partial charge in [0, 0.05) is 17.8 Å². The number of benzene rings is 1. The lowest BCUT2D eigenvalue weighted by Crippen LogP contribution is -2.29. The molecular weight excluding hydrogens is 516 g/mol. The standard InChI is InChI=1S/C26H28N2O5S3/c1-3-33-25(31)22-18-10-4-5-11-19(18)35-23(22)27-21(29)12-7-13-28-24(30)20(36-26(28)34)15-16-8-6-9-17(14-16)32-2/h6,8-9,14-15H,3-5,7,10-13H2,1-2H3,(H,27,29)/b20-15-. The van der Waals surface area contributed by atoms with E-state index in [9.17, 15) is 14.4 Å². The quantitative estimate of drug-likeness (QED) is 0.256. The van der Waals surface area contributed by atoms with Crippen LogP contribution in [-0.4, -0.2) is 47.3 Å². The monoisotopic (exact) mass is 544 g/mol. The number of amides is 2. The molecule has 10 heteroatoms. The zero-order chi connectivity index (χ0) is 25.7. The third-order valence-corrected chi connectivity index (χ3v) is 8.54. The van der Waals surface area contributed by atoms with Crippen LogP contribution in [0.3, 0.4) is 0 Å². The number of methoxy groups -OCH3 is 1. The molecule has 2 aliphatic rings. The minimum absolute atomic E-state index is 0.163. The van der Waals surface area contributed by atoms with Gasteiger partial charge in [-0.05, 0) is 68.4 Å². The van der Waals surface area contributed by atoms with Gasteiger partial charge in [0.1, 0.15) is 15.1 Å². The van der Waals surface area contributed by atoms with E-state index in [4.69, 9.17) is 21.7 Å². The zero-order valence-electron chi connectivity index (χ0n) is 20.3. The molecule has 2 amide bonds. The molecule has 1 aromatic carbocycles. The molecule has 0 spiro atoms. The number of carbonyl (C=O) groups excluding carboxylic acids is 3. The van der Waals surface area contributed by atoms with E-state index >= 15 is 0 Å². The van der Waals surface area contributed by atoms with Gasteiger partial charge >= 0.3 is 5.97 Å². The first-order chi connectivity index (χ1) is 17.4. The lowest BCUT2D eigenvalue weighted by Gasteiger charge is -2.14. The molecule has 1 N–H and O–H groups in total. The fraction of sp³-hybridized carbons (Fsp3) is 0.385. The Balaban J connectivity index is 1.36. The second-order valence-electron chi connectivity index (χ2n) is 8.40. The van der Waals surface area contributed by atoms with Gasteiger partial charge in [0.15, 0.2) is 0 Å². The molecule has 4 rings (SSSR count). The van der Waals surface area contributed by atoms with Crippen LogP contribution in [-0.2, 0) is 27.2 Å². The summed E-state index contributed by atoms with van der Waals surface area (Å²) in [5, 5.41) is 3.49. The van der Waals surface area contributed by atoms with Crippen molar-refractivity contribution in [3.8, 4) is 5.75 Å². The molecule has 0 unspecified atom stereocenters. The molecule has 0 bridgehead atoms. The number of aryl methyl sites for hydroxylation is 1. The number of thiocarbonyl (C=S) groups is 1. The third kappa shape index (κ3) is 5.99. The second kappa shape index (κ2) is 12.0. The van der Waals surface area contributed by atoms with Gasteiger partial charge in [-0.15, -0.1) is 11.3 Å². The summed E-state index contributed by atoms with van der Waals surface area (Å²) in [4.78, 5) is 41.5. The van der Waals surface area contributed by atoms with Crippen molar-refractivity contribution in [3.05, 3.63) is 50.7 Å². The summed E-state index contributed by atoms with van der Waals surface area (Å²) in [5.74, 6) is -0.0317. The summed E-state index contributed by atoms with van der Waals surface area (Å²) >= 11 is 8.14. The van der Waals surface area contributed by atoms with E-state index in [2.05, 4.69) is 5.32 Å². The predicted octanol–water partition coefficient (Wildman–Crippen LogP) is 5.43. The van der Waals surface area contributed by atoms with Gasteiger partial charge in [0.2, 0.25) is 5.91 Å². The highest BCUT2D eigenvalue weighted by Gasteiger charge is 2.32. The Kier molecular flexibility index (Phi) is 8.81. The van der Waals surface area contributed by atoms with E-state index in [1.165, 1.54) is 28.0 Å². The zero-order valence-corrected chi connectivity index (χ0v) is 22.7. The Morgan fingerprint density at radius 3 is 2.83 bits per heavy atom. The number of thioether (sulfide) groups is 1. The number of hydrogen-bond donors (Lipinski definition) is 1. The summed E-state index contributed by atoms with van der Waals surface area (Å²) in [5.41, 5.74) is 2.37. The molecule has 0 radical (unpaired) electrons. The molecule has 0 atom stereocenters. The second-order valence-corrected chi connectivity index (χ2v) is 11.2. The van der Waals surface area contributed by atoms with Crippen molar-refractivity contribution in [2.24, 2.45) is 0 Å². The first kappa shape index (κ1) is 26.4. The van der Waals surface area contributed by atoms with Crippen LogP contribution in [0.2, 0.25) is 0 Å². The fourth-order valence-corrected chi connectivity index (χ4v) is 6.84. The van der Waals surface area contributed by atoms with Crippen LogP contribution in [0, 0.1) is 0 Å². The van der Waals surface area contributed by atoms with Gasteiger partial charge in [-0.25, -0.2) is 4.79 Å². The van der Waals surface area contributed by atoms with Crippen LogP contribution in [0.1, 0.15) is 59.0 Å². The Bertz CT molecular complexity index is 1220. The molecule has 1 fully saturated rings. The van der Waals surface area contributed by atoms with Crippen molar-refractivity contribution in [2.75, 3.05) is 25.6 Å². The maximum absolute atomic E-state index is 12.9. The Labute approximate surface area is 224 Å². The lowest BCUT2D eigenvalue weighted by atomic mass is 9.95. The van der Waals surface area contributed by atoms with Crippen molar-refractivity contribution in [1.29, 1.82) is 0 Å². The average Bonchev–Trinajstić information content (AvgIpc) is 3.35. The number of fused-ring (bicyclic) bond motifs is 1. The number of esters is 1. The van der Waals surface area contributed by atoms with E-state index in [0.717, 1.165) is 41.7 Å². The summed E-state index contributed by atoms with van der Waals surface area (Å²) in [6.45, 7) is 2.40. The maximum atomic E-state index is 12.9. The molecule has 2 aromatic rings. The van der Waals surface area contributed by atoms with Crippen LogP contribution < -0.4 is 10.1 Å². The summed E-state index contributed by atoms with van der Waals surface area (Å²) in [6, 6.07) is 7.45. The largest absolute Gasteiger partial charge is 0.497 e. The van der Waals surface area contributed by atoms with Crippen LogP contribution in [0.5, 0.6) is 5.75 Å². The molecule has 1 aromatic heterocycles. The highest BCUT2D eigenvalue weighted by atomic mass is 32.2. The lowest BCUT2D eigenvalue weighted by molar-refractivity contribution is -0.122. The number of rotatable bonds is 9. The van der Waals surface area contributed by atoms with Crippen molar-refractivity contribution in [2.45, 2.75) is 45.4 Å². The summed E-state index contributed by atoms with van der Waals surface area (Å²) in [6.07, 6.45) is 6.30. The third-order valence-electron chi connectivity index (χ3n) is 5.95. The molecular formula is C26H28N2O5S3. The van der Waals surface area contributed by atoms with Crippen molar-refractivity contribution in [3.63, 3.8) is 0 Å². The van der Waals surface area contributed by atoms with Crippen LogP contribution in [0.15, 0.2) is 29.2 Å². The predicted molar refractivity (Wildman–Crippen MR) is 148 cm³/mol. The number of hydrogen-bond acceptors (Lipinski definition) is 8. The van der Waals surface area contributed by atoms with Crippen molar-refractivity contribution in [1.82, 2.24) is 4.90 Å². The van der Waals surface area contributed by atoms with Crippen LogP contribution >= 0.6 is 35.3 Å². The Hall–Kier alpha value is -2.69. The first-order valence-electron chi connectivity index (χ1n) is 11.9. The number of anilines is 1. The molecule has 2 heterocycles. The topological polar surface area (TPSA) is 84.9 Å². The van der Waals surface area contributed by atoms with Gasteiger partial charge in [0.05, 0.1) is 24.2 Å². The van der Waals surface area contributed by atoms with Gasteiger partial charge in [0.25, 0.3) is 5.91 Å². The summed E-state index contributed by atoms with van der Waals surface area (Å²) < 4.78 is 11.0. The number of ether oxygens (including phenoxy) is 2. The van der Waals surface area contributed by atoms with Crippen LogP contribution in [0.4, 0.5) is 5.00 Å². The van der Waals surface area contributed by atoms with Crippen molar-refractivity contribution >= 4 is 68.5 Å². The molecule has 36 heavy (non-hydrogen) atoms. The van der Waals surface area contributed by atoms with E-state index in [0.29, 0.717) is 38.5 Å².